The second-order valence-corrected chi connectivity index (χ2v) is 6.15. The standard InChI is InChI=1S/C20H26F2N4O3/c1-3-23-20(26-10-12-28-17-6-5-15(21)13-16(17)22)25-9-4-8-24-19(27)18-14(2)7-11-29-18/h5-7,11,13H,3-4,8-10,12H2,1-2H3,(H,24,27)(H2,23,25,26). The third-order valence-electron chi connectivity index (χ3n) is 3.85. The molecule has 29 heavy (non-hydrogen) atoms. The molecular formula is C20H26F2N4O3. The quantitative estimate of drug-likeness (QED) is 0.320. The zero-order valence-corrected chi connectivity index (χ0v) is 16.6. The highest BCUT2D eigenvalue weighted by Gasteiger charge is 2.11. The van der Waals surface area contributed by atoms with Crippen molar-refractivity contribution in [2.45, 2.75) is 20.3 Å². The van der Waals surface area contributed by atoms with Crippen molar-refractivity contribution in [2.75, 3.05) is 32.8 Å². The predicted octanol–water partition coefficient (Wildman–Crippen LogP) is 2.62. The lowest BCUT2D eigenvalue weighted by atomic mass is 10.2. The Bertz CT molecular complexity index is 824. The van der Waals surface area contributed by atoms with Gasteiger partial charge in [0, 0.05) is 31.3 Å². The number of carbonyl (C=O) groups is 1. The Balaban J connectivity index is 1.67. The number of nitrogens with one attached hydrogen (secondary N) is 3. The number of furan rings is 1. The van der Waals surface area contributed by atoms with Crippen molar-refractivity contribution >= 4 is 11.9 Å². The minimum atomic E-state index is -0.739. The van der Waals surface area contributed by atoms with E-state index in [4.69, 9.17) is 9.15 Å². The van der Waals surface area contributed by atoms with Gasteiger partial charge in [0.2, 0.25) is 0 Å². The minimum absolute atomic E-state index is 0.00215. The van der Waals surface area contributed by atoms with E-state index < -0.39 is 11.6 Å². The predicted molar refractivity (Wildman–Crippen MR) is 106 cm³/mol. The number of halogens is 2. The largest absolute Gasteiger partial charge is 0.489 e. The monoisotopic (exact) mass is 408 g/mol. The number of aliphatic imine (C=N–C) groups is 1. The molecule has 2 rings (SSSR count). The van der Waals surface area contributed by atoms with Crippen LogP contribution in [0.2, 0.25) is 0 Å². The molecule has 7 nitrogen and oxygen atoms in total. The van der Waals surface area contributed by atoms with Crippen molar-refractivity contribution in [1.82, 2.24) is 16.0 Å². The lowest BCUT2D eigenvalue weighted by Gasteiger charge is -2.12. The van der Waals surface area contributed by atoms with Gasteiger partial charge in [-0.05, 0) is 38.5 Å². The van der Waals surface area contributed by atoms with E-state index >= 15 is 0 Å². The molecule has 0 saturated heterocycles. The van der Waals surface area contributed by atoms with Crippen LogP contribution in [0.3, 0.4) is 0 Å². The summed E-state index contributed by atoms with van der Waals surface area (Å²) in [4.78, 5) is 16.3. The van der Waals surface area contributed by atoms with Crippen LogP contribution in [-0.2, 0) is 0 Å². The first-order valence-electron chi connectivity index (χ1n) is 9.43. The first-order chi connectivity index (χ1) is 14.0. The van der Waals surface area contributed by atoms with E-state index in [1.54, 1.807) is 6.07 Å². The van der Waals surface area contributed by atoms with Gasteiger partial charge in [0.1, 0.15) is 12.4 Å². The molecule has 0 bridgehead atoms. The van der Waals surface area contributed by atoms with Gasteiger partial charge in [0.15, 0.2) is 23.3 Å². The van der Waals surface area contributed by atoms with Crippen molar-refractivity contribution in [2.24, 2.45) is 4.99 Å². The highest BCUT2D eigenvalue weighted by molar-refractivity contribution is 5.92. The van der Waals surface area contributed by atoms with Gasteiger partial charge in [-0.15, -0.1) is 0 Å². The van der Waals surface area contributed by atoms with Crippen LogP contribution in [0.25, 0.3) is 0 Å². The van der Waals surface area contributed by atoms with Crippen LogP contribution >= 0.6 is 0 Å². The second-order valence-electron chi connectivity index (χ2n) is 6.15. The molecule has 3 N–H and O–H groups in total. The van der Waals surface area contributed by atoms with Gasteiger partial charge >= 0.3 is 0 Å². The zero-order chi connectivity index (χ0) is 21.1. The number of hydrogen-bond donors (Lipinski definition) is 3. The Labute approximate surface area is 168 Å². The SMILES string of the molecule is CCNC(=NCCCNC(=O)c1occc1C)NCCOc1ccc(F)cc1F. The zero-order valence-electron chi connectivity index (χ0n) is 16.6. The molecule has 0 aliphatic rings. The summed E-state index contributed by atoms with van der Waals surface area (Å²) >= 11 is 0. The molecule has 2 aromatic rings. The normalized spacial score (nSPS) is 11.2. The summed E-state index contributed by atoms with van der Waals surface area (Å²) < 4.78 is 36.8. The van der Waals surface area contributed by atoms with E-state index in [9.17, 15) is 13.6 Å². The Hall–Kier alpha value is -3.10. The molecule has 0 atom stereocenters. The molecule has 158 valence electrons. The molecule has 1 heterocycles. The molecule has 0 aliphatic heterocycles. The molecule has 0 unspecified atom stereocenters. The first-order valence-corrected chi connectivity index (χ1v) is 9.43. The summed E-state index contributed by atoms with van der Waals surface area (Å²) in [5.74, 6) is -0.725. The number of benzene rings is 1. The minimum Gasteiger partial charge on any atom is -0.489 e. The average Bonchev–Trinajstić information content (AvgIpc) is 3.12. The lowest BCUT2D eigenvalue weighted by Crippen LogP contribution is -2.39. The van der Waals surface area contributed by atoms with Crippen molar-refractivity contribution in [3.8, 4) is 5.75 Å². The van der Waals surface area contributed by atoms with Crippen molar-refractivity contribution in [3.63, 3.8) is 0 Å². The van der Waals surface area contributed by atoms with Crippen LogP contribution in [0.1, 0.15) is 29.5 Å². The van der Waals surface area contributed by atoms with E-state index in [-0.39, 0.29) is 18.3 Å². The summed E-state index contributed by atoms with van der Waals surface area (Å²) in [6.45, 7) is 5.96. The molecule has 0 radical (unpaired) electrons. The smallest absolute Gasteiger partial charge is 0.287 e. The summed E-state index contributed by atoms with van der Waals surface area (Å²) in [7, 11) is 0. The number of rotatable bonds is 10. The van der Waals surface area contributed by atoms with Crippen molar-refractivity contribution in [1.29, 1.82) is 0 Å². The third-order valence-corrected chi connectivity index (χ3v) is 3.85. The molecule has 1 amide bonds. The molecule has 0 spiro atoms. The van der Waals surface area contributed by atoms with Crippen LogP contribution in [0.15, 0.2) is 39.9 Å². The Kier molecular flexibility index (Phi) is 8.94. The van der Waals surface area contributed by atoms with Crippen LogP contribution < -0.4 is 20.7 Å². The van der Waals surface area contributed by atoms with E-state index in [0.717, 1.165) is 17.7 Å². The van der Waals surface area contributed by atoms with Crippen LogP contribution in [-0.4, -0.2) is 44.7 Å². The van der Waals surface area contributed by atoms with E-state index in [1.165, 1.54) is 12.3 Å². The van der Waals surface area contributed by atoms with Gasteiger partial charge in [-0.1, -0.05) is 0 Å². The summed E-state index contributed by atoms with van der Waals surface area (Å²) in [5.41, 5.74) is 0.793. The Morgan fingerprint density at radius 2 is 2.00 bits per heavy atom. The fraction of sp³-hybridized carbons (Fsp3) is 0.400. The number of hydrogen-bond acceptors (Lipinski definition) is 4. The molecule has 9 heteroatoms. The molecular weight excluding hydrogens is 382 g/mol. The number of guanidine groups is 1. The van der Waals surface area contributed by atoms with E-state index in [1.807, 2.05) is 13.8 Å². The molecule has 0 fully saturated rings. The van der Waals surface area contributed by atoms with Gasteiger partial charge in [-0.25, -0.2) is 8.78 Å². The Morgan fingerprint density at radius 3 is 2.69 bits per heavy atom. The maximum absolute atomic E-state index is 13.5. The number of amides is 1. The lowest BCUT2D eigenvalue weighted by molar-refractivity contribution is 0.0925. The fourth-order valence-electron chi connectivity index (χ4n) is 2.42. The molecule has 0 aliphatic carbocycles. The topological polar surface area (TPSA) is 87.9 Å². The molecule has 1 aromatic heterocycles. The van der Waals surface area contributed by atoms with E-state index in [0.29, 0.717) is 44.3 Å². The summed E-state index contributed by atoms with van der Waals surface area (Å²) in [6.07, 6.45) is 2.14. The van der Waals surface area contributed by atoms with Gasteiger partial charge in [-0.2, -0.15) is 0 Å². The third kappa shape index (κ3) is 7.44. The summed E-state index contributed by atoms with van der Waals surface area (Å²) in [5, 5.41) is 8.94. The van der Waals surface area contributed by atoms with Crippen LogP contribution in [0, 0.1) is 18.6 Å². The summed E-state index contributed by atoms with van der Waals surface area (Å²) in [6, 6.07) is 4.91. The average molecular weight is 408 g/mol. The highest BCUT2D eigenvalue weighted by Crippen LogP contribution is 2.17. The van der Waals surface area contributed by atoms with Crippen LogP contribution in [0.4, 0.5) is 8.78 Å². The van der Waals surface area contributed by atoms with E-state index in [2.05, 4.69) is 20.9 Å². The fourth-order valence-corrected chi connectivity index (χ4v) is 2.42. The van der Waals surface area contributed by atoms with Gasteiger partial charge in [0.05, 0.1) is 12.8 Å². The van der Waals surface area contributed by atoms with Crippen molar-refractivity contribution < 1.29 is 22.7 Å². The maximum atomic E-state index is 13.5. The van der Waals surface area contributed by atoms with Gasteiger partial charge in [-0.3, -0.25) is 9.79 Å². The first kappa shape index (κ1) is 22.2. The molecule has 0 saturated carbocycles. The van der Waals surface area contributed by atoms with Crippen LogP contribution in [0.5, 0.6) is 5.75 Å². The molecule has 1 aromatic carbocycles. The van der Waals surface area contributed by atoms with Gasteiger partial charge < -0.3 is 25.1 Å². The maximum Gasteiger partial charge on any atom is 0.287 e. The number of ether oxygens (including phenoxy) is 1. The number of aryl methyl sites for hydroxylation is 1. The number of nitrogens with zero attached hydrogens (tertiary/aromatic N) is 1. The second kappa shape index (κ2) is 11.7. The Morgan fingerprint density at radius 1 is 1.17 bits per heavy atom. The highest BCUT2D eigenvalue weighted by atomic mass is 19.1. The number of carbonyl (C=O) groups excluding carboxylic acids is 1. The van der Waals surface area contributed by atoms with Gasteiger partial charge in [0.25, 0.3) is 5.91 Å². The van der Waals surface area contributed by atoms with Crippen molar-refractivity contribution in [3.05, 3.63) is 53.5 Å².